The lowest BCUT2D eigenvalue weighted by molar-refractivity contribution is -0.125. The van der Waals surface area contributed by atoms with E-state index < -0.39 is 0 Å². The van der Waals surface area contributed by atoms with E-state index in [0.29, 0.717) is 0 Å². The van der Waals surface area contributed by atoms with Crippen molar-refractivity contribution in [2.75, 3.05) is 13.1 Å². The Hall–Kier alpha value is -1.58. The van der Waals surface area contributed by atoms with Gasteiger partial charge in [-0.05, 0) is 19.9 Å². The zero-order valence-electron chi connectivity index (χ0n) is 9.47. The minimum atomic E-state index is 0.0452. The Bertz CT molecular complexity index is 350. The molecule has 1 heterocycles. The average Bonchev–Trinajstić information content (AvgIpc) is 2.63. The lowest BCUT2D eigenvalue weighted by atomic mass is 10.3. The van der Waals surface area contributed by atoms with E-state index in [1.807, 2.05) is 27.1 Å². The molecule has 1 aromatic rings. The van der Waals surface area contributed by atoms with Gasteiger partial charge in [-0.2, -0.15) is 5.10 Å². The molecule has 0 saturated heterocycles. The zero-order chi connectivity index (χ0) is 11.3. The molecule has 0 aliphatic heterocycles. The number of carbonyl (C=O) groups excluding carboxylic acids is 1. The lowest BCUT2D eigenvalue weighted by Crippen LogP contribution is -2.28. The molecule has 1 amide bonds. The molecule has 15 heavy (non-hydrogen) atoms. The highest BCUT2D eigenvalue weighted by Gasteiger charge is 2.04. The molecule has 0 radical (unpaired) electrons. The Kier molecular flexibility index (Phi) is 4.09. The van der Waals surface area contributed by atoms with Crippen molar-refractivity contribution in [1.82, 2.24) is 14.7 Å². The molecule has 82 valence electrons. The fraction of sp³-hybridized carbons (Fsp3) is 0.455. The number of likely N-dealkylation sites (N-methyl/N-ethyl adjacent to an activating group) is 1. The molecule has 0 saturated carbocycles. The highest BCUT2D eigenvalue weighted by atomic mass is 16.2. The van der Waals surface area contributed by atoms with Gasteiger partial charge in [0.25, 0.3) is 0 Å². The first-order valence-corrected chi connectivity index (χ1v) is 5.13. The van der Waals surface area contributed by atoms with E-state index in [9.17, 15) is 4.79 Å². The van der Waals surface area contributed by atoms with Gasteiger partial charge in [-0.25, -0.2) is 0 Å². The van der Waals surface area contributed by atoms with Crippen molar-refractivity contribution in [2.24, 2.45) is 7.05 Å². The predicted molar refractivity (Wildman–Crippen MR) is 60.2 cm³/mol. The third kappa shape index (κ3) is 3.23. The van der Waals surface area contributed by atoms with Crippen LogP contribution in [0.15, 0.2) is 18.5 Å². The summed E-state index contributed by atoms with van der Waals surface area (Å²) in [5.74, 6) is 0.0452. The summed E-state index contributed by atoms with van der Waals surface area (Å²) in [7, 11) is 1.85. The van der Waals surface area contributed by atoms with Crippen LogP contribution in [-0.2, 0) is 11.8 Å². The van der Waals surface area contributed by atoms with E-state index in [2.05, 4.69) is 5.10 Å². The van der Waals surface area contributed by atoms with E-state index >= 15 is 0 Å². The number of hydrogen-bond donors (Lipinski definition) is 0. The number of aromatic nitrogens is 2. The molecule has 0 spiro atoms. The fourth-order valence-corrected chi connectivity index (χ4v) is 1.33. The molecule has 0 aliphatic rings. The van der Waals surface area contributed by atoms with Gasteiger partial charge in [0, 0.05) is 38.0 Å². The van der Waals surface area contributed by atoms with Gasteiger partial charge in [-0.1, -0.05) is 0 Å². The summed E-state index contributed by atoms with van der Waals surface area (Å²) in [4.78, 5) is 13.4. The van der Waals surface area contributed by atoms with Crippen LogP contribution in [0.4, 0.5) is 0 Å². The Morgan fingerprint density at radius 2 is 2.20 bits per heavy atom. The number of rotatable bonds is 4. The number of nitrogens with zero attached hydrogens (tertiary/aromatic N) is 3. The second-order valence-electron chi connectivity index (χ2n) is 3.29. The number of carbonyl (C=O) groups is 1. The van der Waals surface area contributed by atoms with Gasteiger partial charge < -0.3 is 4.90 Å². The molecule has 1 rings (SSSR count). The van der Waals surface area contributed by atoms with E-state index in [1.54, 1.807) is 27.9 Å². The van der Waals surface area contributed by atoms with Crippen LogP contribution >= 0.6 is 0 Å². The normalized spacial score (nSPS) is 10.9. The van der Waals surface area contributed by atoms with Crippen molar-refractivity contribution in [1.29, 1.82) is 0 Å². The molecule has 0 aromatic carbocycles. The summed E-state index contributed by atoms with van der Waals surface area (Å²) >= 11 is 0. The highest BCUT2D eigenvalue weighted by molar-refractivity contribution is 5.91. The van der Waals surface area contributed by atoms with Gasteiger partial charge in [0.2, 0.25) is 5.91 Å². The Morgan fingerprint density at radius 3 is 2.67 bits per heavy atom. The van der Waals surface area contributed by atoms with Gasteiger partial charge in [-0.3, -0.25) is 9.48 Å². The van der Waals surface area contributed by atoms with Crippen LogP contribution in [0.2, 0.25) is 0 Å². The number of hydrogen-bond acceptors (Lipinski definition) is 2. The standard InChI is InChI=1S/C11H17N3O/c1-4-14(5-2)11(15)7-6-10-8-12-13(3)9-10/h6-9H,4-5H2,1-3H3/b7-6-. The van der Waals surface area contributed by atoms with Crippen molar-refractivity contribution in [3.05, 3.63) is 24.0 Å². The maximum Gasteiger partial charge on any atom is 0.246 e. The summed E-state index contributed by atoms with van der Waals surface area (Å²) in [6.45, 7) is 5.43. The molecular weight excluding hydrogens is 190 g/mol. The maximum absolute atomic E-state index is 11.6. The molecule has 0 fully saturated rings. The van der Waals surface area contributed by atoms with Crippen LogP contribution in [-0.4, -0.2) is 33.7 Å². The first kappa shape index (κ1) is 11.5. The lowest BCUT2D eigenvalue weighted by Gasteiger charge is -2.15. The minimum Gasteiger partial charge on any atom is -0.340 e. The smallest absolute Gasteiger partial charge is 0.246 e. The van der Waals surface area contributed by atoms with Gasteiger partial charge >= 0.3 is 0 Å². The second kappa shape index (κ2) is 5.34. The highest BCUT2D eigenvalue weighted by Crippen LogP contribution is 2.00. The first-order chi connectivity index (χ1) is 7.17. The fourth-order valence-electron chi connectivity index (χ4n) is 1.33. The number of amides is 1. The summed E-state index contributed by atoms with van der Waals surface area (Å²) in [6.07, 6.45) is 6.97. The maximum atomic E-state index is 11.6. The molecule has 4 heteroatoms. The van der Waals surface area contributed by atoms with Crippen molar-refractivity contribution in [3.8, 4) is 0 Å². The van der Waals surface area contributed by atoms with Gasteiger partial charge in [0.1, 0.15) is 0 Å². The van der Waals surface area contributed by atoms with E-state index in [-0.39, 0.29) is 5.91 Å². The molecule has 0 atom stereocenters. The van der Waals surface area contributed by atoms with Crippen LogP contribution in [0.5, 0.6) is 0 Å². The second-order valence-corrected chi connectivity index (χ2v) is 3.29. The molecular formula is C11H17N3O. The Labute approximate surface area is 90.2 Å². The molecule has 0 bridgehead atoms. The Morgan fingerprint density at radius 1 is 1.53 bits per heavy atom. The van der Waals surface area contributed by atoms with Gasteiger partial charge in [-0.15, -0.1) is 0 Å². The van der Waals surface area contributed by atoms with E-state index in [0.717, 1.165) is 18.7 Å². The summed E-state index contributed by atoms with van der Waals surface area (Å²) in [5, 5.41) is 4.02. The van der Waals surface area contributed by atoms with Crippen molar-refractivity contribution in [3.63, 3.8) is 0 Å². The van der Waals surface area contributed by atoms with Gasteiger partial charge in [0.05, 0.1) is 6.20 Å². The van der Waals surface area contributed by atoms with Crippen LogP contribution in [0.1, 0.15) is 19.4 Å². The average molecular weight is 207 g/mol. The summed E-state index contributed by atoms with van der Waals surface area (Å²) < 4.78 is 1.71. The predicted octanol–water partition coefficient (Wildman–Crippen LogP) is 1.30. The zero-order valence-corrected chi connectivity index (χ0v) is 9.47. The van der Waals surface area contributed by atoms with Crippen LogP contribution in [0, 0.1) is 0 Å². The minimum absolute atomic E-state index is 0.0452. The molecule has 1 aromatic heterocycles. The van der Waals surface area contributed by atoms with E-state index in [4.69, 9.17) is 0 Å². The van der Waals surface area contributed by atoms with Crippen LogP contribution in [0.3, 0.4) is 0 Å². The molecule has 0 N–H and O–H groups in total. The quantitative estimate of drug-likeness (QED) is 0.698. The SMILES string of the molecule is CCN(CC)C(=O)/C=C\c1cnn(C)c1. The summed E-state index contributed by atoms with van der Waals surface area (Å²) in [6, 6.07) is 0. The Balaban J connectivity index is 2.61. The van der Waals surface area contributed by atoms with Gasteiger partial charge in [0.15, 0.2) is 0 Å². The van der Waals surface area contributed by atoms with E-state index in [1.165, 1.54) is 0 Å². The number of aryl methyl sites for hydroxylation is 1. The van der Waals surface area contributed by atoms with Crippen molar-refractivity contribution in [2.45, 2.75) is 13.8 Å². The summed E-state index contributed by atoms with van der Waals surface area (Å²) in [5.41, 5.74) is 0.943. The molecule has 4 nitrogen and oxygen atoms in total. The topological polar surface area (TPSA) is 38.1 Å². The van der Waals surface area contributed by atoms with Crippen molar-refractivity contribution < 1.29 is 4.79 Å². The van der Waals surface area contributed by atoms with Crippen molar-refractivity contribution >= 4 is 12.0 Å². The van der Waals surface area contributed by atoms with Crippen LogP contribution in [0.25, 0.3) is 6.08 Å². The molecule has 0 unspecified atom stereocenters. The third-order valence-electron chi connectivity index (χ3n) is 2.22. The first-order valence-electron chi connectivity index (χ1n) is 5.13. The molecule has 0 aliphatic carbocycles. The van der Waals surface area contributed by atoms with Crippen LogP contribution < -0.4 is 0 Å². The third-order valence-corrected chi connectivity index (χ3v) is 2.22. The largest absolute Gasteiger partial charge is 0.340 e. The monoisotopic (exact) mass is 207 g/mol.